The van der Waals surface area contributed by atoms with Crippen LogP contribution in [0.4, 0.5) is 0 Å². The number of nitrogens with zero attached hydrogens (tertiary/aromatic N) is 4. The molecule has 0 aliphatic heterocycles. The second-order valence-electron chi connectivity index (χ2n) is 2.65. The maximum atomic E-state index is 3.84. The van der Waals surface area contributed by atoms with Gasteiger partial charge in [0, 0.05) is 14.1 Å². The highest BCUT2D eigenvalue weighted by molar-refractivity contribution is 9.10. The summed E-state index contributed by atoms with van der Waals surface area (Å²) in [5.41, 5.74) is 0. The summed E-state index contributed by atoms with van der Waals surface area (Å²) in [7, 11) is 3.86. The zero-order valence-electron chi connectivity index (χ0n) is 7.85. The van der Waals surface area contributed by atoms with Crippen molar-refractivity contribution in [2.75, 3.05) is 0 Å². The molecule has 2 aromatic rings. The Morgan fingerprint density at radius 1 is 0.929 bits per heavy atom. The summed E-state index contributed by atoms with van der Waals surface area (Å²) >= 11 is 6.53. The largest absolute Gasteiger partial charge is 0.329 e. The number of hydrogen-bond donors (Lipinski definition) is 0. The summed E-state index contributed by atoms with van der Waals surface area (Å²) in [4.78, 5) is 7.67. The van der Waals surface area contributed by atoms with E-state index in [-0.39, 0.29) is 0 Å². The van der Waals surface area contributed by atoms with Gasteiger partial charge in [-0.1, -0.05) is 0 Å². The van der Waals surface area contributed by atoms with E-state index < -0.39 is 0 Å². The molecule has 0 saturated carbocycles. The molecule has 0 bridgehead atoms. The van der Waals surface area contributed by atoms with Crippen LogP contribution in [0, 0.1) is 0 Å². The van der Waals surface area contributed by atoms with Gasteiger partial charge in [-0.3, -0.25) is 0 Å². The number of halogens is 2. The van der Waals surface area contributed by atoms with Gasteiger partial charge in [0.15, 0.2) is 0 Å². The average Bonchev–Trinajstić information content (AvgIpc) is 2.67. The molecule has 0 radical (unpaired) electrons. The Balaban J connectivity index is 0.000000140. The van der Waals surface area contributed by atoms with Crippen LogP contribution in [-0.4, -0.2) is 19.1 Å². The molecule has 2 heterocycles. The Hall–Kier alpha value is -0.620. The van der Waals surface area contributed by atoms with Gasteiger partial charge >= 0.3 is 0 Å². The Morgan fingerprint density at radius 3 is 1.36 bits per heavy atom. The quantitative estimate of drug-likeness (QED) is 0.746. The van der Waals surface area contributed by atoms with Crippen LogP contribution in [0.5, 0.6) is 0 Å². The Kier molecular flexibility index (Phi) is 4.34. The molecule has 0 aromatic carbocycles. The molecule has 6 heteroatoms. The molecular formula is C8H10Br2N4. The molecule has 0 aliphatic rings. The Bertz CT molecular complexity index is 322. The van der Waals surface area contributed by atoms with Gasteiger partial charge in [0.05, 0.1) is 25.0 Å². The smallest absolute Gasteiger partial charge is 0.104 e. The van der Waals surface area contributed by atoms with Gasteiger partial charge < -0.3 is 9.13 Å². The lowest BCUT2D eigenvalue weighted by molar-refractivity contribution is 0.891. The molecule has 0 aliphatic carbocycles. The van der Waals surface area contributed by atoms with E-state index in [1.807, 2.05) is 23.2 Å². The highest BCUT2D eigenvalue weighted by Crippen LogP contribution is 2.04. The van der Waals surface area contributed by atoms with Crippen LogP contribution in [0.15, 0.2) is 34.3 Å². The fraction of sp³-hybridized carbons (Fsp3) is 0.250. The molecule has 0 spiro atoms. The highest BCUT2D eigenvalue weighted by atomic mass is 79.9. The van der Waals surface area contributed by atoms with Crippen LogP contribution in [0.3, 0.4) is 0 Å². The minimum absolute atomic E-state index is 1.01. The van der Waals surface area contributed by atoms with Crippen molar-refractivity contribution in [3.63, 3.8) is 0 Å². The van der Waals surface area contributed by atoms with Crippen molar-refractivity contribution in [1.82, 2.24) is 19.1 Å². The number of aryl methyl sites for hydroxylation is 2. The third-order valence-corrected chi connectivity index (χ3v) is 3.04. The topological polar surface area (TPSA) is 35.6 Å². The van der Waals surface area contributed by atoms with E-state index in [0.717, 1.165) is 9.21 Å². The lowest BCUT2D eigenvalue weighted by Crippen LogP contribution is -1.80. The van der Waals surface area contributed by atoms with E-state index in [1.54, 1.807) is 25.0 Å². The van der Waals surface area contributed by atoms with Crippen molar-refractivity contribution in [1.29, 1.82) is 0 Å². The number of imidazole rings is 2. The maximum absolute atomic E-state index is 3.84. The van der Waals surface area contributed by atoms with Gasteiger partial charge in [-0.2, -0.15) is 0 Å². The van der Waals surface area contributed by atoms with Crippen LogP contribution in [0.1, 0.15) is 0 Å². The molecular weight excluding hydrogens is 312 g/mol. The molecule has 4 nitrogen and oxygen atoms in total. The fourth-order valence-corrected chi connectivity index (χ4v) is 1.10. The molecule has 0 N–H and O–H groups in total. The minimum atomic E-state index is 1.01. The van der Waals surface area contributed by atoms with Crippen molar-refractivity contribution < 1.29 is 0 Å². The predicted octanol–water partition coefficient (Wildman–Crippen LogP) is 2.37. The van der Waals surface area contributed by atoms with Crippen LogP contribution in [-0.2, 0) is 14.1 Å². The van der Waals surface area contributed by atoms with Crippen molar-refractivity contribution >= 4 is 31.9 Å². The molecule has 0 atom stereocenters. The first-order valence-corrected chi connectivity index (χ1v) is 5.43. The summed E-state index contributed by atoms with van der Waals surface area (Å²) in [5.74, 6) is 0. The number of hydrogen-bond acceptors (Lipinski definition) is 2. The van der Waals surface area contributed by atoms with Gasteiger partial charge in [0.1, 0.15) is 9.21 Å². The second kappa shape index (κ2) is 5.31. The maximum Gasteiger partial charge on any atom is 0.104 e. The standard InChI is InChI=1S/2C4H5BrN2/c2*1-7-3-6-2-4(7)5/h2*2-3H,1H3. The second-order valence-corrected chi connectivity index (χ2v) is 4.28. The highest BCUT2D eigenvalue weighted by Gasteiger charge is 1.86. The van der Waals surface area contributed by atoms with E-state index >= 15 is 0 Å². The first-order chi connectivity index (χ1) is 6.61. The summed E-state index contributed by atoms with van der Waals surface area (Å²) in [6.07, 6.45) is 6.98. The molecule has 2 rings (SSSR count). The molecule has 0 saturated heterocycles. The minimum Gasteiger partial charge on any atom is -0.329 e. The monoisotopic (exact) mass is 320 g/mol. The zero-order valence-corrected chi connectivity index (χ0v) is 11.0. The van der Waals surface area contributed by atoms with Crippen molar-refractivity contribution in [3.8, 4) is 0 Å². The molecule has 0 unspecified atom stereocenters. The van der Waals surface area contributed by atoms with Crippen molar-refractivity contribution in [2.45, 2.75) is 0 Å². The summed E-state index contributed by atoms with van der Waals surface area (Å²) in [6, 6.07) is 0. The molecule has 2 aromatic heterocycles. The van der Waals surface area contributed by atoms with Gasteiger partial charge in [-0.15, -0.1) is 0 Å². The lowest BCUT2D eigenvalue weighted by atomic mass is 10.9. The van der Waals surface area contributed by atoms with E-state index in [1.165, 1.54) is 0 Å². The third-order valence-electron chi connectivity index (χ3n) is 1.52. The summed E-state index contributed by atoms with van der Waals surface area (Å²) in [5, 5.41) is 0. The van der Waals surface area contributed by atoms with E-state index in [4.69, 9.17) is 0 Å². The third kappa shape index (κ3) is 3.26. The Morgan fingerprint density at radius 2 is 1.29 bits per heavy atom. The summed E-state index contributed by atoms with van der Waals surface area (Å²) < 4.78 is 5.79. The first-order valence-electron chi connectivity index (χ1n) is 3.85. The van der Waals surface area contributed by atoms with Crippen LogP contribution >= 0.6 is 31.9 Å². The SMILES string of the molecule is Cn1cncc1Br.Cn1cncc1Br. The van der Waals surface area contributed by atoms with Gasteiger partial charge in [0.2, 0.25) is 0 Å². The molecule has 0 fully saturated rings. The van der Waals surface area contributed by atoms with Crippen LogP contribution in [0.25, 0.3) is 0 Å². The van der Waals surface area contributed by atoms with E-state index in [2.05, 4.69) is 41.8 Å². The number of aromatic nitrogens is 4. The number of rotatable bonds is 0. The first kappa shape index (κ1) is 11.5. The zero-order chi connectivity index (χ0) is 10.6. The lowest BCUT2D eigenvalue weighted by Gasteiger charge is -1.85. The van der Waals surface area contributed by atoms with Crippen molar-refractivity contribution in [3.05, 3.63) is 34.3 Å². The molecule has 14 heavy (non-hydrogen) atoms. The normalized spacial score (nSPS) is 9.43. The fourth-order valence-electron chi connectivity index (χ4n) is 0.682. The molecule has 0 amide bonds. The van der Waals surface area contributed by atoms with E-state index in [9.17, 15) is 0 Å². The summed E-state index contributed by atoms with van der Waals surface area (Å²) in [6.45, 7) is 0. The van der Waals surface area contributed by atoms with E-state index in [0.29, 0.717) is 0 Å². The average molecular weight is 322 g/mol. The Labute approximate surface area is 99.2 Å². The van der Waals surface area contributed by atoms with Gasteiger partial charge in [-0.05, 0) is 31.9 Å². The van der Waals surface area contributed by atoms with Crippen LogP contribution in [0.2, 0.25) is 0 Å². The molecule has 76 valence electrons. The van der Waals surface area contributed by atoms with Crippen molar-refractivity contribution in [2.24, 2.45) is 14.1 Å². The predicted molar refractivity (Wildman–Crippen MR) is 61.8 cm³/mol. The van der Waals surface area contributed by atoms with Gasteiger partial charge in [-0.25, -0.2) is 9.97 Å². The van der Waals surface area contributed by atoms with Crippen LogP contribution < -0.4 is 0 Å². The van der Waals surface area contributed by atoms with Gasteiger partial charge in [0.25, 0.3) is 0 Å².